The van der Waals surface area contributed by atoms with E-state index in [1.165, 1.54) is 19.1 Å². The summed E-state index contributed by atoms with van der Waals surface area (Å²) in [6.07, 6.45) is 1.66. The predicted octanol–water partition coefficient (Wildman–Crippen LogP) is 4.35. The van der Waals surface area contributed by atoms with Gasteiger partial charge in [-0.05, 0) is 36.8 Å². The molecule has 28 heavy (non-hydrogen) atoms. The van der Waals surface area contributed by atoms with Gasteiger partial charge in [-0.3, -0.25) is 4.79 Å². The van der Waals surface area contributed by atoms with E-state index in [9.17, 15) is 9.59 Å². The Bertz CT molecular complexity index is 929. The van der Waals surface area contributed by atoms with Crippen molar-refractivity contribution in [1.82, 2.24) is 0 Å². The van der Waals surface area contributed by atoms with Gasteiger partial charge in [0.15, 0.2) is 17.6 Å². The van der Waals surface area contributed by atoms with Crippen LogP contribution in [0.2, 0.25) is 10.0 Å². The van der Waals surface area contributed by atoms with Crippen LogP contribution in [0.3, 0.4) is 0 Å². The molecule has 8 heteroatoms. The average molecular weight is 422 g/mol. The van der Waals surface area contributed by atoms with Crippen molar-refractivity contribution in [2.75, 3.05) is 18.5 Å². The van der Waals surface area contributed by atoms with Gasteiger partial charge < -0.3 is 19.5 Å². The van der Waals surface area contributed by atoms with Gasteiger partial charge >= 0.3 is 5.97 Å². The first-order valence-corrected chi connectivity index (χ1v) is 9.23. The highest BCUT2D eigenvalue weighted by atomic mass is 35.5. The Morgan fingerprint density at radius 1 is 1.14 bits per heavy atom. The third-order valence-corrected chi connectivity index (χ3v) is 4.69. The second-order valence-electron chi connectivity index (χ2n) is 5.90. The fourth-order valence-electron chi connectivity index (χ4n) is 2.44. The van der Waals surface area contributed by atoms with Gasteiger partial charge in [0.25, 0.3) is 5.91 Å². The lowest BCUT2D eigenvalue weighted by Gasteiger charge is -2.19. The summed E-state index contributed by atoms with van der Waals surface area (Å²) < 4.78 is 16.0. The Balaban J connectivity index is 1.57. The first-order chi connectivity index (χ1) is 13.4. The van der Waals surface area contributed by atoms with Gasteiger partial charge in [-0.25, -0.2) is 4.79 Å². The van der Waals surface area contributed by atoms with Crippen LogP contribution < -0.4 is 14.8 Å². The maximum absolute atomic E-state index is 12.3. The van der Waals surface area contributed by atoms with Crippen molar-refractivity contribution in [3.05, 3.63) is 58.1 Å². The van der Waals surface area contributed by atoms with Crippen molar-refractivity contribution < 1.29 is 23.8 Å². The molecular weight excluding hydrogens is 405 g/mol. The second-order valence-corrected chi connectivity index (χ2v) is 6.69. The molecule has 0 saturated carbocycles. The van der Waals surface area contributed by atoms with Crippen LogP contribution in [0.4, 0.5) is 5.69 Å². The van der Waals surface area contributed by atoms with E-state index in [1.54, 1.807) is 36.4 Å². The first kappa shape index (κ1) is 20.0. The fourth-order valence-corrected chi connectivity index (χ4v) is 2.81. The second kappa shape index (κ2) is 8.99. The standard InChI is InChI=1S/C20H17Cl2NO5/c1-12(28-18(24)8-5-13-3-2-4-15(21)19(13)22)20(25)23-14-6-7-16-17(11-14)27-10-9-26-16/h2-8,11-12H,9-10H2,1H3,(H,23,25)/b8-5+. The van der Waals surface area contributed by atoms with E-state index < -0.39 is 18.0 Å². The minimum Gasteiger partial charge on any atom is -0.486 e. The fraction of sp³-hybridized carbons (Fsp3) is 0.200. The van der Waals surface area contributed by atoms with E-state index in [-0.39, 0.29) is 0 Å². The monoisotopic (exact) mass is 421 g/mol. The summed E-state index contributed by atoms with van der Waals surface area (Å²) in [5, 5.41) is 3.38. The van der Waals surface area contributed by atoms with E-state index >= 15 is 0 Å². The summed E-state index contributed by atoms with van der Waals surface area (Å²) in [6.45, 7) is 2.41. The van der Waals surface area contributed by atoms with Crippen molar-refractivity contribution in [1.29, 1.82) is 0 Å². The number of amides is 1. The molecule has 6 nitrogen and oxygen atoms in total. The number of hydrogen-bond acceptors (Lipinski definition) is 5. The van der Waals surface area contributed by atoms with Crippen molar-refractivity contribution in [2.24, 2.45) is 0 Å². The number of benzene rings is 2. The van der Waals surface area contributed by atoms with E-state index in [0.29, 0.717) is 46.0 Å². The molecule has 1 heterocycles. The molecule has 0 aliphatic carbocycles. The molecule has 1 aliphatic heterocycles. The maximum Gasteiger partial charge on any atom is 0.331 e. The number of carbonyl (C=O) groups excluding carboxylic acids is 2. The number of anilines is 1. The SMILES string of the molecule is CC(OC(=O)/C=C/c1cccc(Cl)c1Cl)C(=O)Nc1ccc2c(c1)OCCO2. The zero-order chi connectivity index (χ0) is 20.1. The number of esters is 1. The number of hydrogen-bond donors (Lipinski definition) is 1. The minimum absolute atomic E-state index is 0.331. The largest absolute Gasteiger partial charge is 0.486 e. The Morgan fingerprint density at radius 3 is 2.68 bits per heavy atom. The normalized spacial score (nSPS) is 13.8. The number of fused-ring (bicyclic) bond motifs is 1. The predicted molar refractivity (Wildman–Crippen MR) is 107 cm³/mol. The van der Waals surface area contributed by atoms with Gasteiger partial charge in [0, 0.05) is 17.8 Å². The molecule has 0 spiro atoms. The molecule has 0 bridgehead atoms. The van der Waals surface area contributed by atoms with Crippen LogP contribution in [0.15, 0.2) is 42.5 Å². The molecule has 1 unspecified atom stereocenters. The molecule has 1 amide bonds. The van der Waals surface area contributed by atoms with Crippen LogP contribution in [-0.2, 0) is 14.3 Å². The van der Waals surface area contributed by atoms with Crippen LogP contribution in [0.25, 0.3) is 6.08 Å². The van der Waals surface area contributed by atoms with Crippen molar-refractivity contribution in [2.45, 2.75) is 13.0 Å². The molecule has 2 aromatic carbocycles. The summed E-state index contributed by atoms with van der Waals surface area (Å²) in [5.74, 6) is 0.0173. The molecule has 1 N–H and O–H groups in total. The van der Waals surface area contributed by atoms with Crippen LogP contribution >= 0.6 is 23.2 Å². The van der Waals surface area contributed by atoms with Crippen LogP contribution in [0.5, 0.6) is 11.5 Å². The average Bonchev–Trinajstić information content (AvgIpc) is 2.69. The van der Waals surface area contributed by atoms with Crippen molar-refractivity contribution in [3.63, 3.8) is 0 Å². The minimum atomic E-state index is -1.000. The molecular formula is C20H17Cl2NO5. The maximum atomic E-state index is 12.3. The van der Waals surface area contributed by atoms with E-state index in [2.05, 4.69) is 5.32 Å². The Kier molecular flexibility index (Phi) is 6.44. The molecule has 2 aromatic rings. The summed E-state index contributed by atoms with van der Waals surface area (Å²) in [5.41, 5.74) is 1.08. The third kappa shape index (κ3) is 4.97. The smallest absolute Gasteiger partial charge is 0.331 e. The molecule has 0 fully saturated rings. The summed E-state index contributed by atoms with van der Waals surface area (Å²) in [4.78, 5) is 24.2. The topological polar surface area (TPSA) is 73.9 Å². The van der Waals surface area contributed by atoms with Gasteiger partial charge in [0.1, 0.15) is 13.2 Å². The third-order valence-electron chi connectivity index (χ3n) is 3.85. The lowest BCUT2D eigenvalue weighted by atomic mass is 10.2. The zero-order valence-corrected chi connectivity index (χ0v) is 16.4. The van der Waals surface area contributed by atoms with E-state index in [1.807, 2.05) is 0 Å². The van der Waals surface area contributed by atoms with Crippen LogP contribution in [0.1, 0.15) is 12.5 Å². The van der Waals surface area contributed by atoms with Gasteiger partial charge in [-0.15, -0.1) is 0 Å². The van der Waals surface area contributed by atoms with Gasteiger partial charge in [0.05, 0.1) is 10.0 Å². The van der Waals surface area contributed by atoms with Gasteiger partial charge in [0.2, 0.25) is 0 Å². The Morgan fingerprint density at radius 2 is 1.89 bits per heavy atom. The van der Waals surface area contributed by atoms with Crippen LogP contribution in [0, 0.1) is 0 Å². The van der Waals surface area contributed by atoms with Gasteiger partial charge in [-0.1, -0.05) is 35.3 Å². The highest BCUT2D eigenvalue weighted by Gasteiger charge is 2.18. The number of rotatable bonds is 5. The highest BCUT2D eigenvalue weighted by molar-refractivity contribution is 6.42. The zero-order valence-electron chi connectivity index (χ0n) is 14.9. The molecule has 1 atom stereocenters. The Labute approximate surface area is 172 Å². The van der Waals surface area contributed by atoms with Crippen molar-refractivity contribution in [3.8, 4) is 11.5 Å². The molecule has 1 aliphatic rings. The van der Waals surface area contributed by atoms with Crippen molar-refractivity contribution >= 4 is 46.8 Å². The molecule has 3 rings (SSSR count). The summed E-state index contributed by atoms with van der Waals surface area (Å²) in [6, 6.07) is 10.1. The molecule has 146 valence electrons. The quantitative estimate of drug-likeness (QED) is 0.573. The first-order valence-electron chi connectivity index (χ1n) is 8.47. The lowest BCUT2D eigenvalue weighted by Crippen LogP contribution is -2.29. The number of ether oxygens (including phenoxy) is 3. The van der Waals surface area contributed by atoms with E-state index in [0.717, 1.165) is 0 Å². The molecule has 0 radical (unpaired) electrons. The summed E-state index contributed by atoms with van der Waals surface area (Å²) in [7, 11) is 0. The number of nitrogens with one attached hydrogen (secondary N) is 1. The Hall–Kier alpha value is -2.70. The number of halogens is 2. The molecule has 0 saturated heterocycles. The van der Waals surface area contributed by atoms with E-state index in [4.69, 9.17) is 37.4 Å². The van der Waals surface area contributed by atoms with Crippen LogP contribution in [-0.4, -0.2) is 31.2 Å². The number of carbonyl (C=O) groups is 2. The highest BCUT2D eigenvalue weighted by Crippen LogP contribution is 2.32. The molecule has 0 aromatic heterocycles. The van der Waals surface area contributed by atoms with Gasteiger partial charge in [-0.2, -0.15) is 0 Å². The summed E-state index contributed by atoms with van der Waals surface area (Å²) >= 11 is 12.0. The lowest BCUT2D eigenvalue weighted by molar-refractivity contribution is -0.148.